The van der Waals surface area contributed by atoms with Crippen LogP contribution in [0.4, 0.5) is 0 Å². The molecule has 16 heavy (non-hydrogen) atoms. The van der Waals surface area contributed by atoms with E-state index in [1.807, 2.05) is 18.2 Å². The van der Waals surface area contributed by atoms with Crippen LogP contribution in [-0.2, 0) is 6.42 Å². The summed E-state index contributed by atoms with van der Waals surface area (Å²) in [7, 11) is 2.08. The van der Waals surface area contributed by atoms with Gasteiger partial charge in [0.2, 0.25) is 0 Å². The molecule has 1 aliphatic heterocycles. The molecule has 0 aromatic heterocycles. The number of hydrogen-bond acceptors (Lipinski definition) is 3. The topological polar surface area (TPSA) is 32.7 Å². The van der Waals surface area contributed by atoms with E-state index in [4.69, 9.17) is 9.84 Å². The number of likely N-dealkylation sites (N-methyl/N-ethyl adjacent to an activating group) is 1. The largest absolute Gasteiger partial charge is 0.487 e. The number of halogens is 1. The molecule has 1 aromatic carbocycles. The molecule has 1 aromatic rings. The number of ether oxygens (including phenoxy) is 1. The highest BCUT2D eigenvalue weighted by Gasteiger charge is 2.25. The fourth-order valence-electron chi connectivity index (χ4n) is 1.82. The van der Waals surface area contributed by atoms with Crippen molar-refractivity contribution in [2.24, 2.45) is 0 Å². The monoisotopic (exact) mass is 285 g/mol. The Labute approximate surface area is 104 Å². The third kappa shape index (κ3) is 2.75. The quantitative estimate of drug-likeness (QED) is 0.914. The van der Waals surface area contributed by atoms with Gasteiger partial charge in [-0.2, -0.15) is 0 Å². The van der Waals surface area contributed by atoms with Crippen molar-refractivity contribution < 1.29 is 9.84 Å². The van der Waals surface area contributed by atoms with Crippen LogP contribution in [0, 0.1) is 0 Å². The van der Waals surface area contributed by atoms with Crippen LogP contribution in [0.15, 0.2) is 22.7 Å². The maximum absolute atomic E-state index is 8.85. The molecule has 1 N–H and O–H groups in total. The maximum Gasteiger partial charge on any atom is 0.134 e. The lowest BCUT2D eigenvalue weighted by Gasteiger charge is -2.36. The first-order chi connectivity index (χ1) is 7.69. The summed E-state index contributed by atoms with van der Waals surface area (Å²) in [5.41, 5.74) is 1.12. The molecule has 3 nitrogen and oxygen atoms in total. The second kappa shape index (κ2) is 5.17. The molecule has 0 radical (unpaired) electrons. The highest BCUT2D eigenvalue weighted by Crippen LogP contribution is 2.28. The van der Waals surface area contributed by atoms with E-state index in [1.165, 1.54) is 0 Å². The van der Waals surface area contributed by atoms with Crippen LogP contribution in [0.25, 0.3) is 0 Å². The average Bonchev–Trinajstić information content (AvgIpc) is 2.20. The number of aliphatic hydroxyl groups excluding tert-OH is 1. The second-order valence-electron chi connectivity index (χ2n) is 4.20. The Morgan fingerprint density at radius 2 is 2.25 bits per heavy atom. The Bertz CT molecular complexity index is 364. The normalized spacial score (nSPS) is 17.2. The zero-order chi connectivity index (χ0) is 11.5. The number of benzene rings is 1. The number of nitrogens with zero attached hydrogens (tertiary/aromatic N) is 1. The minimum atomic E-state index is 0.181. The standard InChI is InChI=1S/C12H16BrNO2/c1-14-7-10(8-14)16-12-3-2-9(4-5-15)6-11(12)13/h2-3,6,10,15H,4-5,7-8H2,1H3. The predicted octanol–water partition coefficient (Wildman–Crippen LogP) is 1.68. The van der Waals surface area contributed by atoms with Gasteiger partial charge in [-0.3, -0.25) is 4.90 Å². The van der Waals surface area contributed by atoms with Gasteiger partial charge in [0.1, 0.15) is 11.9 Å². The van der Waals surface area contributed by atoms with Crippen LogP contribution in [0.2, 0.25) is 0 Å². The van der Waals surface area contributed by atoms with Gasteiger partial charge in [0, 0.05) is 19.7 Å². The molecule has 1 fully saturated rings. The summed E-state index contributed by atoms with van der Waals surface area (Å²) in [4.78, 5) is 2.22. The molecule has 0 amide bonds. The van der Waals surface area contributed by atoms with Crippen LogP contribution < -0.4 is 4.74 Å². The number of aliphatic hydroxyl groups is 1. The zero-order valence-corrected chi connectivity index (χ0v) is 10.9. The average molecular weight is 286 g/mol. The SMILES string of the molecule is CN1CC(Oc2ccc(CCO)cc2Br)C1. The second-order valence-corrected chi connectivity index (χ2v) is 5.05. The van der Waals surface area contributed by atoms with Gasteiger partial charge < -0.3 is 9.84 Å². The molecule has 1 saturated heterocycles. The van der Waals surface area contributed by atoms with E-state index in [0.29, 0.717) is 12.5 Å². The Hall–Kier alpha value is -0.580. The van der Waals surface area contributed by atoms with Crippen molar-refractivity contribution in [1.82, 2.24) is 4.90 Å². The van der Waals surface area contributed by atoms with Gasteiger partial charge >= 0.3 is 0 Å². The summed E-state index contributed by atoms with van der Waals surface area (Å²) >= 11 is 3.49. The first-order valence-corrected chi connectivity index (χ1v) is 6.23. The van der Waals surface area contributed by atoms with Crippen LogP contribution >= 0.6 is 15.9 Å². The van der Waals surface area contributed by atoms with Crippen molar-refractivity contribution >= 4 is 15.9 Å². The molecule has 4 heteroatoms. The predicted molar refractivity (Wildman–Crippen MR) is 66.8 cm³/mol. The van der Waals surface area contributed by atoms with Gasteiger partial charge in [-0.25, -0.2) is 0 Å². The minimum Gasteiger partial charge on any atom is -0.487 e. The van der Waals surface area contributed by atoms with E-state index < -0.39 is 0 Å². The highest BCUT2D eigenvalue weighted by atomic mass is 79.9. The highest BCUT2D eigenvalue weighted by molar-refractivity contribution is 9.10. The van der Waals surface area contributed by atoms with Crippen LogP contribution in [0.3, 0.4) is 0 Å². The van der Waals surface area contributed by atoms with E-state index in [0.717, 1.165) is 28.9 Å². The Kier molecular flexibility index (Phi) is 3.84. The molecule has 0 atom stereocenters. The first kappa shape index (κ1) is 11.9. The molecule has 1 aliphatic rings. The molecule has 88 valence electrons. The molecule has 0 bridgehead atoms. The van der Waals surface area contributed by atoms with Crippen molar-refractivity contribution in [1.29, 1.82) is 0 Å². The van der Waals surface area contributed by atoms with Gasteiger partial charge in [-0.15, -0.1) is 0 Å². The van der Waals surface area contributed by atoms with Gasteiger partial charge in [0.05, 0.1) is 4.47 Å². The van der Waals surface area contributed by atoms with Gasteiger partial charge in [0.25, 0.3) is 0 Å². The van der Waals surface area contributed by atoms with E-state index in [1.54, 1.807) is 0 Å². The molecule has 0 unspecified atom stereocenters. The van der Waals surface area contributed by atoms with Crippen molar-refractivity contribution in [3.8, 4) is 5.75 Å². The lowest BCUT2D eigenvalue weighted by atomic mass is 10.1. The number of hydrogen-bond donors (Lipinski definition) is 1. The maximum atomic E-state index is 8.85. The van der Waals surface area contributed by atoms with E-state index in [2.05, 4.69) is 27.9 Å². The van der Waals surface area contributed by atoms with E-state index in [9.17, 15) is 0 Å². The third-order valence-electron chi connectivity index (χ3n) is 2.72. The molecule has 0 aliphatic carbocycles. The van der Waals surface area contributed by atoms with Crippen LogP contribution in [0.5, 0.6) is 5.75 Å². The van der Waals surface area contributed by atoms with Gasteiger partial charge in [0.15, 0.2) is 0 Å². The molecule has 1 heterocycles. The molecule has 0 saturated carbocycles. The van der Waals surface area contributed by atoms with Crippen LogP contribution in [0.1, 0.15) is 5.56 Å². The lowest BCUT2D eigenvalue weighted by Crippen LogP contribution is -2.51. The Morgan fingerprint density at radius 1 is 1.50 bits per heavy atom. The van der Waals surface area contributed by atoms with Gasteiger partial charge in [-0.1, -0.05) is 6.07 Å². The first-order valence-electron chi connectivity index (χ1n) is 5.43. The lowest BCUT2D eigenvalue weighted by molar-refractivity contribution is 0.0383. The Morgan fingerprint density at radius 3 is 2.81 bits per heavy atom. The van der Waals surface area contributed by atoms with Crippen molar-refractivity contribution in [2.45, 2.75) is 12.5 Å². The molecular weight excluding hydrogens is 270 g/mol. The number of rotatable bonds is 4. The third-order valence-corrected chi connectivity index (χ3v) is 3.34. The fourth-order valence-corrected chi connectivity index (χ4v) is 2.34. The van der Waals surface area contributed by atoms with Crippen molar-refractivity contribution in [2.75, 3.05) is 26.7 Å². The minimum absolute atomic E-state index is 0.181. The fraction of sp³-hybridized carbons (Fsp3) is 0.500. The summed E-state index contributed by atoms with van der Waals surface area (Å²) in [5.74, 6) is 0.889. The van der Waals surface area contributed by atoms with Crippen molar-refractivity contribution in [3.63, 3.8) is 0 Å². The van der Waals surface area contributed by atoms with E-state index in [-0.39, 0.29) is 6.61 Å². The molecule has 0 spiro atoms. The summed E-state index contributed by atoms with van der Waals surface area (Å²) in [6.07, 6.45) is 0.996. The summed E-state index contributed by atoms with van der Waals surface area (Å²) < 4.78 is 6.80. The molecular formula is C12H16BrNO2. The Balaban J connectivity index is 1.99. The van der Waals surface area contributed by atoms with Gasteiger partial charge in [-0.05, 0) is 47.1 Å². The summed E-state index contributed by atoms with van der Waals surface area (Å²) in [6.45, 7) is 2.16. The van der Waals surface area contributed by atoms with E-state index >= 15 is 0 Å². The zero-order valence-electron chi connectivity index (χ0n) is 9.32. The summed E-state index contributed by atoms with van der Waals surface area (Å²) in [5, 5.41) is 8.85. The number of likely N-dealkylation sites (tertiary alicyclic amines) is 1. The molecule has 2 rings (SSSR count). The van der Waals surface area contributed by atoms with Crippen molar-refractivity contribution in [3.05, 3.63) is 28.2 Å². The van der Waals surface area contributed by atoms with Crippen LogP contribution in [-0.4, -0.2) is 42.9 Å². The summed E-state index contributed by atoms with van der Waals surface area (Å²) in [6, 6.07) is 5.97. The smallest absolute Gasteiger partial charge is 0.134 e.